The van der Waals surface area contributed by atoms with Gasteiger partial charge in [-0.1, -0.05) is 30.3 Å². The monoisotopic (exact) mass is 523 g/mol. The molecular formula is C24H18BrN3O6. The van der Waals surface area contributed by atoms with Crippen LogP contribution in [-0.4, -0.2) is 24.2 Å². The van der Waals surface area contributed by atoms with Crippen LogP contribution in [0.1, 0.15) is 21.7 Å². The number of furan rings is 1. The molecule has 0 aliphatic carbocycles. The Balaban J connectivity index is 1.45. The number of ether oxygens (including phenoxy) is 2. The van der Waals surface area contributed by atoms with E-state index < -0.39 is 10.8 Å². The second-order valence-corrected chi connectivity index (χ2v) is 7.94. The molecule has 1 aromatic heterocycles. The fourth-order valence-electron chi connectivity index (χ4n) is 3.13. The largest absolute Gasteiger partial charge is 0.493 e. The van der Waals surface area contributed by atoms with Gasteiger partial charge in [-0.25, -0.2) is 5.43 Å². The molecule has 0 saturated carbocycles. The fourth-order valence-corrected chi connectivity index (χ4v) is 3.55. The third-order valence-electron chi connectivity index (χ3n) is 4.82. The molecule has 4 aromatic rings. The highest BCUT2D eigenvalue weighted by Gasteiger charge is 2.15. The van der Waals surface area contributed by atoms with Crippen molar-refractivity contribution < 1.29 is 23.6 Å². The third-order valence-corrected chi connectivity index (χ3v) is 5.51. The van der Waals surface area contributed by atoms with Crippen LogP contribution in [0.2, 0.25) is 0 Å². The lowest BCUT2D eigenvalue weighted by atomic mass is 10.2. The molecule has 10 heteroatoms. The summed E-state index contributed by atoms with van der Waals surface area (Å²) in [4.78, 5) is 22.8. The summed E-state index contributed by atoms with van der Waals surface area (Å²) in [6.07, 6.45) is 1.44. The van der Waals surface area contributed by atoms with Crippen molar-refractivity contribution >= 4 is 44.7 Å². The van der Waals surface area contributed by atoms with Crippen LogP contribution in [0.25, 0.3) is 11.0 Å². The molecule has 0 spiro atoms. The number of rotatable bonds is 8. The van der Waals surface area contributed by atoms with Gasteiger partial charge in [0, 0.05) is 27.6 Å². The first-order chi connectivity index (χ1) is 16.4. The molecule has 0 fully saturated rings. The van der Waals surface area contributed by atoms with Gasteiger partial charge in [0.25, 0.3) is 5.69 Å². The van der Waals surface area contributed by atoms with Gasteiger partial charge in [0.05, 0.1) is 18.2 Å². The Morgan fingerprint density at radius 1 is 1.15 bits per heavy atom. The smallest absolute Gasteiger partial charge is 0.307 e. The highest BCUT2D eigenvalue weighted by atomic mass is 79.9. The number of amides is 1. The van der Waals surface area contributed by atoms with E-state index in [0.717, 1.165) is 5.56 Å². The zero-order valence-electron chi connectivity index (χ0n) is 17.9. The number of benzene rings is 3. The lowest BCUT2D eigenvalue weighted by Crippen LogP contribution is -2.16. The summed E-state index contributed by atoms with van der Waals surface area (Å²) in [6, 6.07) is 18.7. The fraction of sp³-hybridized carbons (Fsp3) is 0.0833. The standard InChI is InChI=1S/C24H18BrN3O6/c1-32-21-11-17(19(25)12-22(21)33-14-15-5-3-2-4-6-15)13-26-27-24(29)23-10-16-9-18(28(30)31)7-8-20(16)34-23/h2-13H,14H2,1H3,(H,27,29)/b26-13-. The normalized spacial score (nSPS) is 11.0. The molecule has 0 unspecified atom stereocenters. The molecule has 1 N–H and O–H groups in total. The molecule has 3 aromatic carbocycles. The molecular weight excluding hydrogens is 506 g/mol. The van der Waals surface area contributed by atoms with Crippen LogP contribution in [0, 0.1) is 10.1 Å². The van der Waals surface area contributed by atoms with Crippen molar-refractivity contribution in [2.45, 2.75) is 6.61 Å². The number of nitrogens with one attached hydrogen (secondary N) is 1. The van der Waals surface area contributed by atoms with E-state index in [-0.39, 0.29) is 11.4 Å². The second kappa shape index (κ2) is 10.2. The van der Waals surface area contributed by atoms with E-state index in [0.29, 0.717) is 39.1 Å². The zero-order valence-corrected chi connectivity index (χ0v) is 19.4. The Labute approximate surface area is 202 Å². The van der Waals surface area contributed by atoms with Crippen LogP contribution in [0.4, 0.5) is 5.69 Å². The first-order valence-electron chi connectivity index (χ1n) is 10.0. The number of nitrogens with zero attached hydrogens (tertiary/aromatic N) is 2. The van der Waals surface area contributed by atoms with E-state index in [4.69, 9.17) is 13.9 Å². The molecule has 0 aliphatic rings. The summed E-state index contributed by atoms with van der Waals surface area (Å²) in [5, 5.41) is 15.3. The molecule has 0 aliphatic heterocycles. The van der Waals surface area contributed by atoms with Gasteiger partial charge >= 0.3 is 5.91 Å². The van der Waals surface area contributed by atoms with Crippen LogP contribution in [0.5, 0.6) is 11.5 Å². The molecule has 0 atom stereocenters. The van der Waals surface area contributed by atoms with Crippen molar-refractivity contribution in [3.05, 3.63) is 98.2 Å². The third kappa shape index (κ3) is 5.24. The Kier molecular flexibility index (Phi) is 6.88. The SMILES string of the molecule is COc1cc(/C=N\NC(=O)c2cc3cc([N+](=O)[O-])ccc3o2)c(Br)cc1OCc1ccccc1. The minimum atomic E-state index is -0.596. The predicted octanol–water partition coefficient (Wildman–Crippen LogP) is 5.46. The van der Waals surface area contributed by atoms with Crippen LogP contribution in [0.15, 0.2) is 80.7 Å². The van der Waals surface area contributed by atoms with E-state index in [2.05, 4.69) is 26.5 Å². The summed E-state index contributed by atoms with van der Waals surface area (Å²) in [7, 11) is 1.53. The first-order valence-corrected chi connectivity index (χ1v) is 10.8. The number of carbonyl (C=O) groups excluding carboxylic acids is 1. The summed E-state index contributed by atoms with van der Waals surface area (Å²) >= 11 is 3.48. The molecule has 0 radical (unpaired) electrons. The van der Waals surface area contributed by atoms with Crippen molar-refractivity contribution in [1.82, 2.24) is 5.43 Å². The molecule has 172 valence electrons. The Bertz CT molecular complexity index is 1380. The van der Waals surface area contributed by atoms with E-state index in [1.165, 1.54) is 37.6 Å². The summed E-state index contributed by atoms with van der Waals surface area (Å²) in [6.45, 7) is 0.383. The number of hydrazone groups is 1. The first kappa shape index (κ1) is 23.0. The number of hydrogen-bond donors (Lipinski definition) is 1. The Morgan fingerprint density at radius 3 is 2.68 bits per heavy atom. The van der Waals surface area contributed by atoms with Crippen LogP contribution in [0.3, 0.4) is 0 Å². The zero-order chi connectivity index (χ0) is 24.1. The quantitative estimate of drug-likeness (QED) is 0.186. The molecule has 1 heterocycles. The highest BCUT2D eigenvalue weighted by molar-refractivity contribution is 9.10. The number of carbonyl (C=O) groups is 1. The van der Waals surface area contributed by atoms with Crippen molar-refractivity contribution in [2.24, 2.45) is 5.10 Å². The number of hydrogen-bond acceptors (Lipinski definition) is 7. The maximum Gasteiger partial charge on any atom is 0.307 e. The van der Waals surface area contributed by atoms with Gasteiger partial charge in [0.1, 0.15) is 12.2 Å². The molecule has 0 saturated heterocycles. The molecule has 0 bridgehead atoms. The van der Waals surface area contributed by atoms with Crippen LogP contribution in [-0.2, 0) is 6.61 Å². The average Bonchev–Trinajstić information content (AvgIpc) is 3.28. The van der Waals surface area contributed by atoms with Gasteiger partial charge in [0.2, 0.25) is 0 Å². The van der Waals surface area contributed by atoms with Gasteiger partial charge in [-0.3, -0.25) is 14.9 Å². The summed E-state index contributed by atoms with van der Waals surface area (Å²) in [5.74, 6) is 0.441. The number of methoxy groups -OCH3 is 1. The molecule has 1 amide bonds. The Hall–Kier alpha value is -4.18. The van der Waals surface area contributed by atoms with Gasteiger partial charge in [-0.15, -0.1) is 0 Å². The van der Waals surface area contributed by atoms with Crippen LogP contribution >= 0.6 is 15.9 Å². The van der Waals surface area contributed by atoms with E-state index in [9.17, 15) is 14.9 Å². The summed E-state index contributed by atoms with van der Waals surface area (Å²) in [5.41, 5.74) is 4.32. The summed E-state index contributed by atoms with van der Waals surface area (Å²) < 4.78 is 17.4. The van der Waals surface area contributed by atoms with E-state index >= 15 is 0 Å². The predicted molar refractivity (Wildman–Crippen MR) is 129 cm³/mol. The minimum Gasteiger partial charge on any atom is -0.493 e. The van der Waals surface area contributed by atoms with E-state index in [1.807, 2.05) is 30.3 Å². The number of nitro groups is 1. The van der Waals surface area contributed by atoms with Gasteiger partial charge in [-0.05, 0) is 45.8 Å². The van der Waals surface area contributed by atoms with Crippen molar-refractivity contribution in [3.63, 3.8) is 0 Å². The second-order valence-electron chi connectivity index (χ2n) is 7.09. The number of non-ortho nitro benzene ring substituents is 1. The maximum atomic E-state index is 12.4. The van der Waals surface area contributed by atoms with Crippen molar-refractivity contribution in [1.29, 1.82) is 0 Å². The van der Waals surface area contributed by atoms with Crippen molar-refractivity contribution in [3.8, 4) is 11.5 Å². The molecule has 4 rings (SSSR count). The lowest BCUT2D eigenvalue weighted by Gasteiger charge is -2.12. The number of halogens is 1. The highest BCUT2D eigenvalue weighted by Crippen LogP contribution is 2.33. The topological polar surface area (TPSA) is 116 Å². The van der Waals surface area contributed by atoms with Gasteiger partial charge < -0.3 is 13.9 Å². The minimum absolute atomic E-state index is 0.0195. The average molecular weight is 524 g/mol. The van der Waals surface area contributed by atoms with E-state index in [1.54, 1.807) is 12.1 Å². The molecule has 34 heavy (non-hydrogen) atoms. The van der Waals surface area contributed by atoms with Gasteiger partial charge in [-0.2, -0.15) is 5.10 Å². The molecule has 9 nitrogen and oxygen atoms in total. The van der Waals surface area contributed by atoms with Gasteiger partial charge in [0.15, 0.2) is 17.3 Å². The maximum absolute atomic E-state index is 12.4. The van der Waals surface area contributed by atoms with Crippen LogP contribution < -0.4 is 14.9 Å². The number of fused-ring (bicyclic) bond motifs is 1. The Morgan fingerprint density at radius 2 is 1.94 bits per heavy atom. The number of nitro benzene ring substituents is 1. The lowest BCUT2D eigenvalue weighted by molar-refractivity contribution is -0.384. The van der Waals surface area contributed by atoms with Crippen molar-refractivity contribution in [2.75, 3.05) is 7.11 Å².